The molecule has 1 unspecified atom stereocenters. The molecule has 8 rings (SSSR count). The minimum Gasteiger partial charge on any atom is -0.292 e. The minimum atomic E-state index is -2.43. The summed E-state index contributed by atoms with van der Waals surface area (Å²) in [6.07, 6.45) is 5.52. The Morgan fingerprint density at radius 2 is 1.33 bits per heavy atom. The highest BCUT2D eigenvalue weighted by Gasteiger charge is 2.26. The summed E-state index contributed by atoms with van der Waals surface area (Å²) in [6.45, 7) is 0. The van der Waals surface area contributed by atoms with E-state index in [-0.39, 0.29) is 0 Å². The van der Waals surface area contributed by atoms with Crippen LogP contribution in [0.15, 0.2) is 128 Å². The van der Waals surface area contributed by atoms with E-state index < -0.39 is 6.04 Å². The van der Waals surface area contributed by atoms with Gasteiger partial charge >= 0.3 is 0 Å². The van der Waals surface area contributed by atoms with Gasteiger partial charge < -0.3 is 0 Å². The quantitative estimate of drug-likeness (QED) is 0.191. The van der Waals surface area contributed by atoms with Gasteiger partial charge in [0.15, 0.2) is 0 Å². The van der Waals surface area contributed by atoms with Gasteiger partial charge in [-0.1, -0.05) is 66.4 Å². The van der Waals surface area contributed by atoms with Crippen molar-refractivity contribution in [2.75, 3.05) is 0 Å². The Balaban J connectivity index is 1.48. The van der Waals surface area contributed by atoms with E-state index in [1.54, 1.807) is 0 Å². The number of pyridine rings is 3. The normalized spacial score (nSPS) is 13.4. The molecule has 4 nitrogen and oxygen atoms in total. The standard InChI is InChI=1S/C33H21N4PS/c39-38(23-15-18-34-19-16-23,25-12-11-22-6-5-17-35-30(22)21-25)24-13-14-27-28(20-24)26-7-1-3-9-31(26)37-32-10-4-2-8-29(32)36-33(27)37/h1-21H. The van der Waals surface area contributed by atoms with E-state index in [4.69, 9.17) is 16.8 Å². The predicted octanol–water partition coefficient (Wildman–Crippen LogP) is 6.49. The molecule has 4 heterocycles. The molecule has 6 heteroatoms. The van der Waals surface area contributed by atoms with Crippen LogP contribution < -0.4 is 15.9 Å². The molecule has 0 fully saturated rings. The summed E-state index contributed by atoms with van der Waals surface area (Å²) < 4.78 is 2.28. The first-order valence-corrected chi connectivity index (χ1v) is 15.6. The van der Waals surface area contributed by atoms with Gasteiger partial charge in [-0.25, -0.2) is 4.98 Å². The molecule has 1 atom stereocenters. The van der Waals surface area contributed by atoms with Crippen molar-refractivity contribution in [3.63, 3.8) is 0 Å². The molecule has 4 aromatic heterocycles. The summed E-state index contributed by atoms with van der Waals surface area (Å²) in [4.78, 5) is 14.0. The van der Waals surface area contributed by atoms with Crippen molar-refractivity contribution < 1.29 is 0 Å². The molecule has 0 radical (unpaired) electrons. The molecule has 0 amide bonds. The molecule has 0 saturated heterocycles. The second kappa shape index (κ2) is 8.54. The average Bonchev–Trinajstić information content (AvgIpc) is 3.41. The zero-order valence-electron chi connectivity index (χ0n) is 20.8. The fourth-order valence-corrected chi connectivity index (χ4v) is 9.42. The molecule has 0 aliphatic carbocycles. The topological polar surface area (TPSA) is 43.1 Å². The van der Waals surface area contributed by atoms with E-state index in [0.717, 1.165) is 59.8 Å². The second-order valence-corrected chi connectivity index (χ2v) is 14.1. The molecular formula is C33H21N4PS. The maximum atomic E-state index is 6.73. The maximum absolute atomic E-state index is 6.73. The average molecular weight is 537 g/mol. The van der Waals surface area contributed by atoms with Crippen LogP contribution in [-0.4, -0.2) is 19.4 Å². The summed E-state index contributed by atoms with van der Waals surface area (Å²) in [6, 6.07) is 35.9. The van der Waals surface area contributed by atoms with Crippen molar-refractivity contribution in [1.82, 2.24) is 19.4 Å². The molecule has 4 aromatic carbocycles. The van der Waals surface area contributed by atoms with Gasteiger partial charge in [0.05, 0.1) is 22.1 Å². The van der Waals surface area contributed by atoms with Crippen molar-refractivity contribution in [2.45, 2.75) is 0 Å². The molecule has 0 N–H and O–H groups in total. The molecule has 0 aliphatic heterocycles. The van der Waals surface area contributed by atoms with Crippen LogP contribution in [0.2, 0.25) is 0 Å². The Morgan fingerprint density at radius 3 is 2.23 bits per heavy atom. The summed E-state index contributed by atoms with van der Waals surface area (Å²) in [7, 11) is 0. The first-order chi connectivity index (χ1) is 19.2. The van der Waals surface area contributed by atoms with Crippen LogP contribution in [0.4, 0.5) is 0 Å². The number of hydrogen-bond donors (Lipinski definition) is 0. The molecule has 0 spiro atoms. The lowest BCUT2D eigenvalue weighted by molar-refractivity contribution is 1.32. The lowest BCUT2D eigenvalue weighted by atomic mass is 10.1. The van der Waals surface area contributed by atoms with Crippen LogP contribution in [0.5, 0.6) is 0 Å². The number of imidazole rings is 1. The molecule has 0 aliphatic rings. The third-order valence-electron chi connectivity index (χ3n) is 7.58. The fourth-order valence-electron chi connectivity index (χ4n) is 5.74. The van der Waals surface area contributed by atoms with Gasteiger partial charge in [0.2, 0.25) is 0 Å². The van der Waals surface area contributed by atoms with Crippen molar-refractivity contribution in [3.8, 4) is 0 Å². The summed E-state index contributed by atoms with van der Waals surface area (Å²) in [5.74, 6) is 0. The van der Waals surface area contributed by atoms with E-state index in [1.165, 1.54) is 5.39 Å². The third kappa shape index (κ3) is 3.31. The zero-order chi connectivity index (χ0) is 26.0. The first-order valence-electron chi connectivity index (χ1n) is 12.8. The van der Waals surface area contributed by atoms with Crippen LogP contribution in [0, 0.1) is 0 Å². The molecule has 0 saturated carbocycles. The molecule has 184 valence electrons. The Bertz CT molecular complexity index is 2270. The number of nitrogens with zero attached hydrogens (tertiary/aromatic N) is 4. The number of rotatable bonds is 3. The van der Waals surface area contributed by atoms with Crippen molar-refractivity contribution in [1.29, 1.82) is 0 Å². The maximum Gasteiger partial charge on any atom is 0.146 e. The van der Waals surface area contributed by atoms with Gasteiger partial charge in [-0.15, -0.1) is 0 Å². The minimum absolute atomic E-state index is 0.954. The summed E-state index contributed by atoms with van der Waals surface area (Å²) >= 11 is 6.73. The first kappa shape index (κ1) is 22.5. The number of hydrogen-bond acceptors (Lipinski definition) is 4. The highest BCUT2D eigenvalue weighted by Crippen LogP contribution is 2.44. The molecular weight excluding hydrogens is 515 g/mol. The molecule has 0 bridgehead atoms. The lowest BCUT2D eigenvalue weighted by Gasteiger charge is -2.25. The summed E-state index contributed by atoms with van der Waals surface area (Å²) in [5, 5.41) is 7.93. The lowest BCUT2D eigenvalue weighted by Crippen LogP contribution is -2.25. The Hall–Kier alpha value is -4.44. The second-order valence-electron chi connectivity index (χ2n) is 9.70. The Morgan fingerprint density at radius 1 is 0.564 bits per heavy atom. The van der Waals surface area contributed by atoms with Gasteiger partial charge in [0.1, 0.15) is 5.65 Å². The predicted molar refractivity (Wildman–Crippen MR) is 167 cm³/mol. The van der Waals surface area contributed by atoms with Gasteiger partial charge in [0, 0.05) is 40.8 Å². The van der Waals surface area contributed by atoms with Gasteiger partial charge in [-0.3, -0.25) is 14.4 Å². The van der Waals surface area contributed by atoms with Gasteiger partial charge in [-0.2, -0.15) is 0 Å². The highest BCUT2D eigenvalue weighted by atomic mass is 32.4. The highest BCUT2D eigenvalue weighted by molar-refractivity contribution is 8.25. The fraction of sp³-hybridized carbons (Fsp3) is 0. The van der Waals surface area contributed by atoms with Crippen molar-refractivity contribution in [2.24, 2.45) is 0 Å². The van der Waals surface area contributed by atoms with Crippen LogP contribution >= 0.6 is 6.04 Å². The van der Waals surface area contributed by atoms with E-state index in [1.807, 2.05) is 30.7 Å². The van der Waals surface area contributed by atoms with E-state index >= 15 is 0 Å². The van der Waals surface area contributed by atoms with Crippen LogP contribution in [0.3, 0.4) is 0 Å². The SMILES string of the molecule is S=P(c1ccncc1)(c1ccc2cccnc2c1)c1ccc2c(c1)c1ccccc1n1c3ccccc3nc21. The van der Waals surface area contributed by atoms with Crippen molar-refractivity contribution >= 4 is 83.0 Å². The number of fused-ring (bicyclic) bond motifs is 9. The van der Waals surface area contributed by atoms with Crippen molar-refractivity contribution in [3.05, 3.63) is 128 Å². The number of para-hydroxylation sites is 3. The monoisotopic (exact) mass is 536 g/mol. The number of aromatic nitrogens is 4. The Labute approximate surface area is 229 Å². The van der Waals surface area contributed by atoms with Gasteiger partial charge in [-0.05, 0) is 75.9 Å². The molecule has 8 aromatic rings. The molecule has 39 heavy (non-hydrogen) atoms. The van der Waals surface area contributed by atoms with Crippen LogP contribution in [-0.2, 0) is 11.8 Å². The van der Waals surface area contributed by atoms with Gasteiger partial charge in [0.25, 0.3) is 0 Å². The zero-order valence-corrected chi connectivity index (χ0v) is 22.5. The van der Waals surface area contributed by atoms with Crippen LogP contribution in [0.1, 0.15) is 0 Å². The van der Waals surface area contributed by atoms with E-state index in [9.17, 15) is 0 Å². The third-order valence-corrected chi connectivity index (χ3v) is 12.5. The van der Waals surface area contributed by atoms with E-state index in [0.29, 0.717) is 0 Å². The largest absolute Gasteiger partial charge is 0.292 e. The number of benzene rings is 4. The Kier molecular flexibility index (Phi) is 4.93. The smallest absolute Gasteiger partial charge is 0.146 e. The van der Waals surface area contributed by atoms with Crippen LogP contribution in [0.25, 0.3) is 49.3 Å². The van der Waals surface area contributed by atoms with E-state index in [2.05, 4.69) is 111 Å². The summed E-state index contributed by atoms with van der Waals surface area (Å²) in [5.41, 5.74) is 5.15.